The lowest BCUT2D eigenvalue weighted by Crippen LogP contribution is -2.24. The molecule has 0 saturated carbocycles. The third kappa shape index (κ3) is 3.52. The Morgan fingerprint density at radius 1 is 1.28 bits per heavy atom. The highest BCUT2D eigenvalue weighted by molar-refractivity contribution is 5.87. The van der Waals surface area contributed by atoms with Crippen molar-refractivity contribution in [2.45, 2.75) is 19.9 Å². The molecule has 0 aliphatic heterocycles. The smallest absolute Gasteiger partial charge is 0.244 e. The van der Waals surface area contributed by atoms with Crippen LogP contribution in [0.25, 0.3) is 0 Å². The van der Waals surface area contributed by atoms with E-state index in [0.29, 0.717) is 11.5 Å². The molecule has 1 atom stereocenters. The number of hydrogen-bond acceptors (Lipinski definition) is 3. The van der Waals surface area contributed by atoms with Crippen LogP contribution in [0.2, 0.25) is 0 Å². The van der Waals surface area contributed by atoms with Crippen LogP contribution >= 0.6 is 0 Å². The second-order valence-electron chi connectivity index (χ2n) is 3.84. The zero-order valence-corrected chi connectivity index (χ0v) is 11.2. The van der Waals surface area contributed by atoms with Crippen molar-refractivity contribution in [2.24, 2.45) is 0 Å². The highest BCUT2D eigenvalue weighted by Gasteiger charge is 2.11. The molecule has 0 fully saturated rings. The number of allylic oxidation sites excluding steroid dienone is 1. The van der Waals surface area contributed by atoms with Gasteiger partial charge in [0.25, 0.3) is 0 Å². The van der Waals surface area contributed by atoms with E-state index in [1.165, 1.54) is 6.08 Å². The number of benzene rings is 1. The van der Waals surface area contributed by atoms with Crippen molar-refractivity contribution in [1.29, 1.82) is 0 Å². The maximum Gasteiger partial charge on any atom is 0.244 e. The molecule has 0 aromatic heterocycles. The predicted molar refractivity (Wildman–Crippen MR) is 70.9 cm³/mol. The van der Waals surface area contributed by atoms with Gasteiger partial charge in [-0.25, -0.2) is 0 Å². The number of nitrogens with one attached hydrogen (secondary N) is 1. The van der Waals surface area contributed by atoms with E-state index in [1.54, 1.807) is 27.2 Å². The molecule has 0 saturated heterocycles. The van der Waals surface area contributed by atoms with Gasteiger partial charge < -0.3 is 14.8 Å². The fourth-order valence-electron chi connectivity index (χ4n) is 1.62. The summed E-state index contributed by atoms with van der Waals surface area (Å²) < 4.78 is 10.4. The Kier molecular flexibility index (Phi) is 5.24. The van der Waals surface area contributed by atoms with Crippen LogP contribution in [-0.4, -0.2) is 20.1 Å². The molecule has 4 nitrogen and oxygen atoms in total. The first kappa shape index (κ1) is 14.1. The molecule has 0 heterocycles. The quantitative estimate of drug-likeness (QED) is 0.815. The van der Waals surface area contributed by atoms with Gasteiger partial charge in [0.15, 0.2) is 11.5 Å². The van der Waals surface area contributed by atoms with Gasteiger partial charge >= 0.3 is 0 Å². The molecule has 0 spiro atoms. The van der Waals surface area contributed by atoms with Gasteiger partial charge in [-0.05, 0) is 37.6 Å². The minimum Gasteiger partial charge on any atom is -0.493 e. The largest absolute Gasteiger partial charge is 0.493 e. The van der Waals surface area contributed by atoms with E-state index < -0.39 is 0 Å². The maximum atomic E-state index is 11.5. The predicted octanol–water partition coefficient (Wildman–Crippen LogP) is 2.46. The summed E-state index contributed by atoms with van der Waals surface area (Å²) in [4.78, 5) is 11.5. The minimum absolute atomic E-state index is 0.0893. The summed E-state index contributed by atoms with van der Waals surface area (Å²) in [6, 6.07) is 5.50. The summed E-state index contributed by atoms with van der Waals surface area (Å²) in [5, 5.41) is 2.86. The highest BCUT2D eigenvalue weighted by atomic mass is 16.5. The van der Waals surface area contributed by atoms with Crippen molar-refractivity contribution < 1.29 is 14.3 Å². The van der Waals surface area contributed by atoms with Crippen molar-refractivity contribution in [3.05, 3.63) is 35.9 Å². The molecule has 18 heavy (non-hydrogen) atoms. The topological polar surface area (TPSA) is 47.6 Å². The van der Waals surface area contributed by atoms with Gasteiger partial charge in [-0.1, -0.05) is 12.1 Å². The van der Waals surface area contributed by atoms with Crippen molar-refractivity contribution in [3.8, 4) is 11.5 Å². The fourth-order valence-corrected chi connectivity index (χ4v) is 1.62. The molecule has 1 aromatic rings. The Balaban J connectivity index is 2.86. The van der Waals surface area contributed by atoms with Crippen LogP contribution in [0.4, 0.5) is 0 Å². The lowest BCUT2D eigenvalue weighted by molar-refractivity contribution is -0.117. The lowest BCUT2D eigenvalue weighted by atomic mass is 10.1. The standard InChI is InChI=1S/C14H19NO3/c1-5-6-14(16)15-10(2)11-7-8-12(17-3)13(9-11)18-4/h5-10H,1-4H3,(H,15,16). The minimum atomic E-state index is -0.111. The zero-order valence-electron chi connectivity index (χ0n) is 11.2. The summed E-state index contributed by atoms with van der Waals surface area (Å²) in [5.41, 5.74) is 0.963. The summed E-state index contributed by atoms with van der Waals surface area (Å²) in [6.07, 6.45) is 3.20. The third-order valence-corrected chi connectivity index (χ3v) is 2.58. The van der Waals surface area contributed by atoms with Crippen LogP contribution < -0.4 is 14.8 Å². The third-order valence-electron chi connectivity index (χ3n) is 2.58. The van der Waals surface area contributed by atoms with E-state index in [2.05, 4.69) is 5.32 Å². The molecule has 0 bridgehead atoms. The van der Waals surface area contributed by atoms with Crippen LogP contribution in [0.15, 0.2) is 30.4 Å². The molecule has 4 heteroatoms. The number of ether oxygens (including phenoxy) is 2. The van der Waals surface area contributed by atoms with Crippen molar-refractivity contribution in [2.75, 3.05) is 14.2 Å². The molecule has 0 aliphatic rings. The fraction of sp³-hybridized carbons (Fsp3) is 0.357. The van der Waals surface area contributed by atoms with Gasteiger partial charge in [0.05, 0.1) is 20.3 Å². The van der Waals surface area contributed by atoms with Crippen LogP contribution in [0.1, 0.15) is 25.5 Å². The van der Waals surface area contributed by atoms with Crippen LogP contribution in [0.5, 0.6) is 11.5 Å². The van der Waals surface area contributed by atoms with Crippen LogP contribution in [-0.2, 0) is 4.79 Å². The monoisotopic (exact) mass is 249 g/mol. The van der Waals surface area contributed by atoms with Gasteiger partial charge in [0.1, 0.15) is 0 Å². The van der Waals surface area contributed by atoms with E-state index in [1.807, 2.05) is 25.1 Å². The molecule has 1 rings (SSSR count). The SMILES string of the molecule is CC=CC(=O)NC(C)c1ccc(OC)c(OC)c1. The lowest BCUT2D eigenvalue weighted by Gasteiger charge is -2.15. The van der Waals surface area contributed by atoms with E-state index in [0.717, 1.165) is 5.56 Å². The molecule has 1 aromatic carbocycles. The first-order chi connectivity index (χ1) is 8.62. The second kappa shape index (κ2) is 6.69. The molecule has 1 amide bonds. The van der Waals surface area contributed by atoms with Gasteiger partial charge in [-0.2, -0.15) is 0 Å². The Hall–Kier alpha value is -1.97. The number of hydrogen-bond donors (Lipinski definition) is 1. The number of rotatable bonds is 5. The molecule has 1 N–H and O–H groups in total. The maximum absolute atomic E-state index is 11.5. The Morgan fingerprint density at radius 3 is 2.50 bits per heavy atom. The molecular weight excluding hydrogens is 230 g/mol. The van der Waals surface area contributed by atoms with E-state index >= 15 is 0 Å². The number of carbonyl (C=O) groups excluding carboxylic acids is 1. The van der Waals surface area contributed by atoms with E-state index in [9.17, 15) is 4.79 Å². The van der Waals surface area contributed by atoms with Gasteiger partial charge in [-0.3, -0.25) is 4.79 Å². The number of amides is 1. The Labute approximate surface area is 108 Å². The van der Waals surface area contributed by atoms with E-state index in [4.69, 9.17) is 9.47 Å². The average molecular weight is 249 g/mol. The van der Waals surface area contributed by atoms with Gasteiger partial charge in [0, 0.05) is 0 Å². The normalized spacial score (nSPS) is 12.2. The van der Waals surface area contributed by atoms with Crippen molar-refractivity contribution in [3.63, 3.8) is 0 Å². The van der Waals surface area contributed by atoms with Gasteiger partial charge in [-0.15, -0.1) is 0 Å². The molecule has 1 unspecified atom stereocenters. The van der Waals surface area contributed by atoms with Gasteiger partial charge in [0.2, 0.25) is 5.91 Å². The van der Waals surface area contributed by atoms with E-state index in [-0.39, 0.29) is 11.9 Å². The molecule has 0 radical (unpaired) electrons. The number of carbonyl (C=O) groups is 1. The Morgan fingerprint density at radius 2 is 1.94 bits per heavy atom. The summed E-state index contributed by atoms with van der Waals surface area (Å²) >= 11 is 0. The Bertz CT molecular complexity index is 441. The van der Waals surface area contributed by atoms with Crippen LogP contribution in [0, 0.1) is 0 Å². The summed E-state index contributed by atoms with van der Waals surface area (Å²) in [6.45, 7) is 3.73. The highest BCUT2D eigenvalue weighted by Crippen LogP contribution is 2.29. The van der Waals surface area contributed by atoms with Crippen LogP contribution in [0.3, 0.4) is 0 Å². The molecular formula is C14H19NO3. The van der Waals surface area contributed by atoms with Crippen molar-refractivity contribution >= 4 is 5.91 Å². The zero-order chi connectivity index (χ0) is 13.5. The molecule has 98 valence electrons. The molecule has 0 aliphatic carbocycles. The first-order valence-electron chi connectivity index (χ1n) is 5.77. The summed E-state index contributed by atoms with van der Waals surface area (Å²) in [5.74, 6) is 1.22. The first-order valence-corrected chi connectivity index (χ1v) is 5.77. The second-order valence-corrected chi connectivity index (χ2v) is 3.84. The average Bonchev–Trinajstić information content (AvgIpc) is 2.38. The summed E-state index contributed by atoms with van der Waals surface area (Å²) in [7, 11) is 3.18. The number of methoxy groups -OCH3 is 2. The van der Waals surface area contributed by atoms with Crippen molar-refractivity contribution in [1.82, 2.24) is 5.32 Å².